The molecule has 12 heteroatoms. The monoisotopic (exact) mass is 502 g/mol. The Bertz CT molecular complexity index is 1550. The second-order valence-corrected chi connectivity index (χ2v) is 8.59. The molecule has 0 N–H and O–H groups in total. The number of aryl methyl sites for hydroxylation is 1. The molecule has 0 fully saturated rings. The van der Waals surface area contributed by atoms with E-state index in [-0.39, 0.29) is 5.65 Å². The number of pyridine rings is 2. The van der Waals surface area contributed by atoms with E-state index in [0.717, 1.165) is 34.1 Å². The lowest BCUT2D eigenvalue weighted by molar-refractivity contribution is -0.137. The molecule has 0 aliphatic carbocycles. The normalized spacial score (nSPS) is 13.9. The SMILES string of the molecule is Cc1c(N2CCc3ncc(-c4cncc(C(F)(F)F)c4)cc3C2)nn2c(=O)cc(C(F)F)nc2c1C. The van der Waals surface area contributed by atoms with Gasteiger partial charge < -0.3 is 4.90 Å². The van der Waals surface area contributed by atoms with Crippen LogP contribution in [-0.2, 0) is 19.1 Å². The van der Waals surface area contributed by atoms with Gasteiger partial charge >= 0.3 is 6.18 Å². The third kappa shape index (κ3) is 4.16. The molecule has 1 aliphatic heterocycles. The van der Waals surface area contributed by atoms with Crippen LogP contribution < -0.4 is 10.5 Å². The number of aromatic nitrogens is 5. The lowest BCUT2D eigenvalue weighted by atomic mass is 10.00. The van der Waals surface area contributed by atoms with Crippen molar-refractivity contribution in [3.05, 3.63) is 80.8 Å². The molecule has 0 atom stereocenters. The van der Waals surface area contributed by atoms with Crippen molar-refractivity contribution in [3.8, 4) is 11.1 Å². The predicted molar refractivity (Wildman–Crippen MR) is 121 cm³/mol. The third-order valence-electron chi connectivity index (χ3n) is 6.31. The van der Waals surface area contributed by atoms with Gasteiger partial charge in [-0.3, -0.25) is 14.8 Å². The summed E-state index contributed by atoms with van der Waals surface area (Å²) in [6.45, 7) is 4.34. The van der Waals surface area contributed by atoms with Crippen LogP contribution in [0.15, 0.2) is 41.6 Å². The molecule has 4 aromatic heterocycles. The van der Waals surface area contributed by atoms with Crippen molar-refractivity contribution in [2.24, 2.45) is 0 Å². The number of halogens is 5. The average molecular weight is 502 g/mol. The molecule has 0 unspecified atom stereocenters. The Balaban J connectivity index is 1.53. The molecule has 0 aromatic carbocycles. The van der Waals surface area contributed by atoms with Crippen LogP contribution in [0.2, 0.25) is 0 Å². The maximum absolute atomic E-state index is 13.1. The Hall–Kier alpha value is -3.96. The van der Waals surface area contributed by atoms with Gasteiger partial charge in [-0.25, -0.2) is 13.8 Å². The fourth-order valence-electron chi connectivity index (χ4n) is 4.27. The maximum Gasteiger partial charge on any atom is 0.417 e. The van der Waals surface area contributed by atoms with Gasteiger partial charge in [0.25, 0.3) is 12.0 Å². The number of hydrogen-bond acceptors (Lipinski definition) is 6. The first-order valence-electron chi connectivity index (χ1n) is 11.0. The third-order valence-corrected chi connectivity index (χ3v) is 6.31. The molecule has 5 heterocycles. The summed E-state index contributed by atoms with van der Waals surface area (Å²) in [5.74, 6) is 0.491. The molecule has 0 saturated carbocycles. The molecule has 36 heavy (non-hydrogen) atoms. The molecular formula is C24H19F5N6O. The summed E-state index contributed by atoms with van der Waals surface area (Å²) in [5.41, 5.74) is 1.53. The number of fused-ring (bicyclic) bond motifs is 2. The molecule has 0 spiro atoms. The van der Waals surface area contributed by atoms with Crippen LogP contribution in [-0.4, -0.2) is 31.1 Å². The summed E-state index contributed by atoms with van der Waals surface area (Å²) >= 11 is 0. The number of nitrogens with zero attached hydrogens (tertiary/aromatic N) is 6. The highest BCUT2D eigenvalue weighted by atomic mass is 19.4. The van der Waals surface area contributed by atoms with E-state index in [1.807, 2.05) is 4.90 Å². The van der Waals surface area contributed by atoms with E-state index in [0.29, 0.717) is 47.6 Å². The minimum atomic E-state index is -4.51. The van der Waals surface area contributed by atoms with E-state index >= 15 is 0 Å². The number of alkyl halides is 5. The summed E-state index contributed by atoms with van der Waals surface area (Å²) in [7, 11) is 0. The van der Waals surface area contributed by atoms with Crippen molar-refractivity contribution < 1.29 is 22.0 Å². The van der Waals surface area contributed by atoms with Gasteiger partial charge in [0.1, 0.15) is 5.69 Å². The zero-order valence-electron chi connectivity index (χ0n) is 19.1. The molecule has 1 aliphatic rings. The van der Waals surface area contributed by atoms with Crippen LogP contribution in [0.1, 0.15) is 40.1 Å². The highest BCUT2D eigenvalue weighted by Gasteiger charge is 2.31. The van der Waals surface area contributed by atoms with Crippen LogP contribution in [0.3, 0.4) is 0 Å². The van der Waals surface area contributed by atoms with Crippen LogP contribution >= 0.6 is 0 Å². The van der Waals surface area contributed by atoms with E-state index < -0.39 is 29.4 Å². The Labute approximate surface area is 201 Å². The largest absolute Gasteiger partial charge is 0.417 e. The van der Waals surface area contributed by atoms with Crippen molar-refractivity contribution in [1.82, 2.24) is 24.6 Å². The van der Waals surface area contributed by atoms with Gasteiger partial charge in [-0.15, -0.1) is 5.10 Å². The van der Waals surface area contributed by atoms with E-state index in [9.17, 15) is 26.7 Å². The maximum atomic E-state index is 13.1. The smallest absolute Gasteiger partial charge is 0.350 e. The topological polar surface area (TPSA) is 76.3 Å². The molecule has 4 aromatic rings. The zero-order valence-corrected chi connectivity index (χ0v) is 19.1. The molecule has 186 valence electrons. The summed E-state index contributed by atoms with van der Waals surface area (Å²) in [4.78, 5) is 26.5. The fraction of sp³-hybridized carbons (Fsp3) is 0.292. The zero-order chi connectivity index (χ0) is 25.8. The van der Waals surface area contributed by atoms with Crippen molar-refractivity contribution >= 4 is 11.5 Å². The first-order chi connectivity index (χ1) is 17.0. The predicted octanol–water partition coefficient (Wildman–Crippen LogP) is 4.68. The highest BCUT2D eigenvalue weighted by Crippen LogP contribution is 2.33. The van der Waals surface area contributed by atoms with Gasteiger partial charge in [-0.05, 0) is 31.5 Å². The molecular weight excluding hydrogens is 483 g/mol. The Kier molecular flexibility index (Phi) is 5.68. The van der Waals surface area contributed by atoms with Gasteiger partial charge in [0.15, 0.2) is 11.5 Å². The summed E-state index contributed by atoms with van der Waals surface area (Å²) in [5, 5.41) is 4.42. The van der Waals surface area contributed by atoms with Crippen LogP contribution in [0.25, 0.3) is 16.8 Å². The fourth-order valence-corrected chi connectivity index (χ4v) is 4.27. The molecule has 0 saturated heterocycles. The molecule has 7 nitrogen and oxygen atoms in total. The van der Waals surface area contributed by atoms with E-state index in [4.69, 9.17) is 0 Å². The van der Waals surface area contributed by atoms with Gasteiger partial charge in [0, 0.05) is 72.1 Å². The molecule has 0 bridgehead atoms. The molecule has 5 rings (SSSR count). The standard InChI is InChI=1S/C24H19F5N6O/c1-12-13(2)23(33-35-20(36)7-19(21(25)26)32-22(12)35)34-4-3-18-16(11-34)5-14(9-31-18)15-6-17(10-30-8-15)24(27,28)29/h5-10,21H,3-4,11H2,1-2H3. The molecule has 0 radical (unpaired) electrons. The van der Waals surface area contributed by atoms with Gasteiger partial charge in [-0.2, -0.15) is 17.7 Å². The van der Waals surface area contributed by atoms with E-state index in [1.54, 1.807) is 19.9 Å². The summed E-state index contributed by atoms with van der Waals surface area (Å²) in [6, 6.07) is 3.58. The van der Waals surface area contributed by atoms with Crippen LogP contribution in [0, 0.1) is 13.8 Å². The summed E-state index contributed by atoms with van der Waals surface area (Å²) < 4.78 is 66.7. The van der Waals surface area contributed by atoms with Crippen molar-refractivity contribution in [2.75, 3.05) is 11.4 Å². The van der Waals surface area contributed by atoms with E-state index in [1.165, 1.54) is 12.4 Å². The van der Waals surface area contributed by atoms with Gasteiger partial charge in [-0.1, -0.05) is 0 Å². The quantitative estimate of drug-likeness (QED) is 0.379. The minimum absolute atomic E-state index is 0.0671. The lowest BCUT2D eigenvalue weighted by Crippen LogP contribution is -2.34. The van der Waals surface area contributed by atoms with Crippen molar-refractivity contribution in [1.29, 1.82) is 0 Å². The summed E-state index contributed by atoms with van der Waals surface area (Å²) in [6.07, 6.45) is -3.19. The van der Waals surface area contributed by atoms with E-state index in [2.05, 4.69) is 20.1 Å². The number of anilines is 1. The Morgan fingerprint density at radius 2 is 1.75 bits per heavy atom. The first kappa shape index (κ1) is 23.8. The van der Waals surface area contributed by atoms with Crippen LogP contribution in [0.4, 0.5) is 27.8 Å². The second kappa shape index (κ2) is 8.61. The second-order valence-electron chi connectivity index (χ2n) is 8.59. The minimum Gasteiger partial charge on any atom is -0.350 e. The van der Waals surface area contributed by atoms with Gasteiger partial charge in [0.2, 0.25) is 0 Å². The number of hydrogen-bond donors (Lipinski definition) is 0. The van der Waals surface area contributed by atoms with Gasteiger partial charge in [0.05, 0.1) is 5.56 Å². The van der Waals surface area contributed by atoms with Crippen molar-refractivity contribution in [2.45, 2.75) is 39.4 Å². The molecule has 0 amide bonds. The number of rotatable bonds is 3. The Morgan fingerprint density at radius 1 is 1.00 bits per heavy atom. The van der Waals surface area contributed by atoms with Crippen LogP contribution in [0.5, 0.6) is 0 Å². The lowest BCUT2D eigenvalue weighted by Gasteiger charge is -2.31. The Morgan fingerprint density at radius 3 is 2.47 bits per heavy atom. The van der Waals surface area contributed by atoms with Crippen molar-refractivity contribution in [3.63, 3.8) is 0 Å². The highest BCUT2D eigenvalue weighted by molar-refractivity contribution is 5.65. The first-order valence-corrected chi connectivity index (χ1v) is 11.0. The average Bonchev–Trinajstić information content (AvgIpc) is 2.85.